The van der Waals surface area contributed by atoms with Gasteiger partial charge >= 0.3 is 0 Å². The van der Waals surface area contributed by atoms with Crippen molar-refractivity contribution in [2.45, 2.75) is 25.7 Å². The van der Waals surface area contributed by atoms with E-state index >= 15 is 0 Å². The van der Waals surface area contributed by atoms with Crippen LogP contribution in [0.25, 0.3) is 0 Å². The first-order chi connectivity index (χ1) is 13.3. The lowest BCUT2D eigenvalue weighted by atomic mass is 10.1. The van der Waals surface area contributed by atoms with E-state index in [0.29, 0.717) is 16.9 Å². The normalized spacial score (nSPS) is 11.1. The van der Waals surface area contributed by atoms with Crippen LogP contribution in [0.5, 0.6) is 0 Å². The lowest BCUT2D eigenvalue weighted by Crippen LogP contribution is -2.17. The molecule has 0 aliphatic heterocycles. The van der Waals surface area contributed by atoms with E-state index in [-0.39, 0.29) is 16.4 Å². The Kier molecular flexibility index (Phi) is 5.46. The van der Waals surface area contributed by atoms with E-state index in [1.54, 1.807) is 43.6 Å². The Morgan fingerprint density at radius 1 is 0.929 bits per heavy atom. The Morgan fingerprint density at radius 3 is 2.32 bits per heavy atom. The standard InChI is InChI=1S/C21H21N3O3S/c1-14-4-7-17(8-5-14)24-28(26,27)18-9-6-15(2)19(12-18)21(25)23-20-13-22-11-10-16(20)3/h4-13,24H,1-3H3,(H,23,25). The molecule has 0 bridgehead atoms. The number of benzene rings is 2. The zero-order valence-electron chi connectivity index (χ0n) is 15.9. The second-order valence-electron chi connectivity index (χ2n) is 6.59. The molecule has 0 aliphatic rings. The highest BCUT2D eigenvalue weighted by Crippen LogP contribution is 2.21. The molecule has 1 amide bonds. The molecule has 0 fully saturated rings. The van der Waals surface area contributed by atoms with Crippen LogP contribution in [0.3, 0.4) is 0 Å². The molecular weight excluding hydrogens is 374 g/mol. The molecule has 0 aliphatic carbocycles. The molecule has 3 rings (SSSR count). The molecule has 1 aromatic heterocycles. The Labute approximate surface area is 164 Å². The number of carbonyl (C=O) groups is 1. The fourth-order valence-electron chi connectivity index (χ4n) is 2.63. The monoisotopic (exact) mass is 395 g/mol. The van der Waals surface area contributed by atoms with E-state index in [2.05, 4.69) is 15.0 Å². The average molecular weight is 395 g/mol. The highest BCUT2D eigenvalue weighted by molar-refractivity contribution is 7.92. The summed E-state index contributed by atoms with van der Waals surface area (Å²) in [5.74, 6) is -0.388. The summed E-state index contributed by atoms with van der Waals surface area (Å²) in [4.78, 5) is 16.7. The van der Waals surface area contributed by atoms with Crippen LogP contribution in [0.15, 0.2) is 65.8 Å². The van der Waals surface area contributed by atoms with Gasteiger partial charge in [0.15, 0.2) is 0 Å². The number of aromatic nitrogens is 1. The van der Waals surface area contributed by atoms with Crippen molar-refractivity contribution in [3.05, 3.63) is 83.2 Å². The predicted molar refractivity (Wildman–Crippen MR) is 110 cm³/mol. The molecule has 0 saturated heterocycles. The highest BCUT2D eigenvalue weighted by Gasteiger charge is 2.19. The molecule has 0 atom stereocenters. The summed E-state index contributed by atoms with van der Waals surface area (Å²) in [6.07, 6.45) is 3.20. The largest absolute Gasteiger partial charge is 0.320 e. The topological polar surface area (TPSA) is 88.2 Å². The van der Waals surface area contributed by atoms with Gasteiger partial charge in [-0.1, -0.05) is 23.8 Å². The first kappa shape index (κ1) is 19.6. The molecule has 7 heteroatoms. The van der Waals surface area contributed by atoms with Gasteiger partial charge in [0.05, 0.1) is 16.8 Å². The van der Waals surface area contributed by atoms with E-state index in [0.717, 1.165) is 11.1 Å². The Bertz CT molecular complexity index is 1120. The Morgan fingerprint density at radius 2 is 1.64 bits per heavy atom. The maximum absolute atomic E-state index is 12.7. The number of anilines is 2. The van der Waals surface area contributed by atoms with Crippen LogP contribution in [0.2, 0.25) is 0 Å². The van der Waals surface area contributed by atoms with E-state index in [9.17, 15) is 13.2 Å². The van der Waals surface area contributed by atoms with Gasteiger partial charge in [0.1, 0.15) is 0 Å². The fourth-order valence-corrected chi connectivity index (χ4v) is 3.72. The molecule has 6 nitrogen and oxygen atoms in total. The van der Waals surface area contributed by atoms with Crippen molar-refractivity contribution in [3.63, 3.8) is 0 Å². The van der Waals surface area contributed by atoms with Crippen molar-refractivity contribution >= 4 is 27.3 Å². The smallest absolute Gasteiger partial charge is 0.261 e. The SMILES string of the molecule is Cc1ccc(NS(=O)(=O)c2ccc(C)c(C(=O)Nc3cnccc3C)c2)cc1. The number of carbonyl (C=O) groups excluding carboxylic acids is 1. The first-order valence-electron chi connectivity index (χ1n) is 8.68. The minimum absolute atomic E-state index is 0.0201. The second-order valence-corrected chi connectivity index (χ2v) is 8.28. The van der Waals surface area contributed by atoms with Gasteiger partial charge in [-0.2, -0.15) is 0 Å². The van der Waals surface area contributed by atoms with E-state index < -0.39 is 10.0 Å². The summed E-state index contributed by atoms with van der Waals surface area (Å²) in [5.41, 5.74) is 3.90. The number of sulfonamides is 1. The molecule has 0 unspecified atom stereocenters. The van der Waals surface area contributed by atoms with E-state index in [4.69, 9.17) is 0 Å². The number of amides is 1. The predicted octanol–water partition coefficient (Wildman–Crippen LogP) is 4.06. The van der Waals surface area contributed by atoms with Gasteiger partial charge in [0.2, 0.25) is 0 Å². The molecule has 0 saturated carbocycles. The third-order valence-corrected chi connectivity index (χ3v) is 5.73. The molecule has 1 heterocycles. The van der Waals surface area contributed by atoms with Gasteiger partial charge in [-0.15, -0.1) is 0 Å². The number of hydrogen-bond acceptors (Lipinski definition) is 4. The summed E-state index contributed by atoms with van der Waals surface area (Å²) < 4.78 is 28.0. The fraction of sp³-hybridized carbons (Fsp3) is 0.143. The molecule has 2 aromatic carbocycles. The molecule has 0 spiro atoms. The number of nitrogens with one attached hydrogen (secondary N) is 2. The van der Waals surface area contributed by atoms with Crippen molar-refractivity contribution in [1.29, 1.82) is 0 Å². The van der Waals surface area contributed by atoms with Gasteiger partial charge < -0.3 is 5.32 Å². The third-order valence-electron chi connectivity index (χ3n) is 4.36. The molecule has 144 valence electrons. The number of aryl methyl sites for hydroxylation is 3. The molecule has 3 aromatic rings. The minimum Gasteiger partial charge on any atom is -0.320 e. The summed E-state index contributed by atoms with van der Waals surface area (Å²) in [5, 5.41) is 2.79. The summed E-state index contributed by atoms with van der Waals surface area (Å²) in [6.45, 7) is 5.54. The van der Waals surface area contributed by atoms with Crippen molar-refractivity contribution in [2.24, 2.45) is 0 Å². The van der Waals surface area contributed by atoms with Crippen molar-refractivity contribution in [2.75, 3.05) is 10.0 Å². The van der Waals surface area contributed by atoms with Crippen LogP contribution in [0.1, 0.15) is 27.0 Å². The molecule has 2 N–H and O–H groups in total. The summed E-state index contributed by atoms with van der Waals surface area (Å²) >= 11 is 0. The van der Waals surface area contributed by atoms with Crippen LogP contribution in [-0.2, 0) is 10.0 Å². The quantitative estimate of drug-likeness (QED) is 0.682. The number of rotatable bonds is 5. The lowest BCUT2D eigenvalue weighted by Gasteiger charge is -2.12. The highest BCUT2D eigenvalue weighted by atomic mass is 32.2. The zero-order valence-corrected chi connectivity index (χ0v) is 16.7. The van der Waals surface area contributed by atoms with Gasteiger partial charge in [0.25, 0.3) is 15.9 Å². The van der Waals surface area contributed by atoms with Crippen LogP contribution in [0.4, 0.5) is 11.4 Å². The summed E-state index contributed by atoms with van der Waals surface area (Å²) in [7, 11) is -3.82. The Balaban J connectivity index is 1.89. The van der Waals surface area contributed by atoms with E-state index in [1.807, 2.05) is 26.0 Å². The van der Waals surface area contributed by atoms with Crippen molar-refractivity contribution in [3.8, 4) is 0 Å². The van der Waals surface area contributed by atoms with Crippen LogP contribution >= 0.6 is 0 Å². The van der Waals surface area contributed by atoms with Crippen LogP contribution in [0, 0.1) is 20.8 Å². The number of nitrogens with zero attached hydrogens (tertiary/aromatic N) is 1. The maximum atomic E-state index is 12.7. The van der Waals surface area contributed by atoms with Crippen LogP contribution < -0.4 is 10.0 Å². The minimum atomic E-state index is -3.82. The third kappa shape index (κ3) is 4.37. The van der Waals surface area contributed by atoms with Gasteiger partial charge in [-0.3, -0.25) is 14.5 Å². The number of pyridine rings is 1. The molecule has 28 heavy (non-hydrogen) atoms. The Hall–Kier alpha value is -3.19. The van der Waals surface area contributed by atoms with Crippen molar-refractivity contribution < 1.29 is 13.2 Å². The maximum Gasteiger partial charge on any atom is 0.261 e. The van der Waals surface area contributed by atoms with E-state index in [1.165, 1.54) is 12.1 Å². The molecular formula is C21H21N3O3S. The second kappa shape index (κ2) is 7.82. The summed E-state index contributed by atoms with van der Waals surface area (Å²) in [6, 6.07) is 13.3. The van der Waals surface area contributed by atoms with Gasteiger partial charge in [-0.25, -0.2) is 8.42 Å². The zero-order chi connectivity index (χ0) is 20.3. The van der Waals surface area contributed by atoms with Crippen molar-refractivity contribution in [1.82, 2.24) is 4.98 Å². The van der Waals surface area contributed by atoms with Gasteiger partial charge in [0, 0.05) is 17.4 Å². The van der Waals surface area contributed by atoms with Crippen LogP contribution in [-0.4, -0.2) is 19.3 Å². The van der Waals surface area contributed by atoms with Gasteiger partial charge in [-0.05, 0) is 62.2 Å². The first-order valence-corrected chi connectivity index (χ1v) is 10.2. The molecule has 0 radical (unpaired) electrons. The number of hydrogen-bond donors (Lipinski definition) is 2. The average Bonchev–Trinajstić information content (AvgIpc) is 2.65. The lowest BCUT2D eigenvalue weighted by molar-refractivity contribution is 0.102.